The topological polar surface area (TPSA) is 148 Å². The van der Waals surface area contributed by atoms with E-state index in [0.29, 0.717) is 19.4 Å². The molecule has 0 aliphatic carbocycles. The van der Waals surface area contributed by atoms with E-state index in [1.54, 1.807) is 20.8 Å². The number of amides is 3. The van der Waals surface area contributed by atoms with Gasteiger partial charge in [-0.25, -0.2) is 14.9 Å². The van der Waals surface area contributed by atoms with E-state index in [9.17, 15) is 14.4 Å². The van der Waals surface area contributed by atoms with Crippen LogP contribution in [0.1, 0.15) is 60.8 Å². The predicted octanol–water partition coefficient (Wildman–Crippen LogP) is 2.03. The molecule has 0 unspecified atom stereocenters. The van der Waals surface area contributed by atoms with Crippen LogP contribution in [0.2, 0.25) is 0 Å². The standard InChI is InChI=1S/C11H20N2O5.C4H11N.CH2O/c1-11(2,3)18-10(17)13-9(16)12-7-5-4-6-8(14)15;1-4(2,3)5;1-2/h4-7H2,1-3H3,(H,14,15)(H2,12,13,16,17);5H2,1-3H3;1H2. The minimum absolute atomic E-state index is 0. The maximum atomic E-state index is 11.2. The Morgan fingerprint density at radius 3 is 1.84 bits per heavy atom. The van der Waals surface area contributed by atoms with E-state index in [-0.39, 0.29) is 12.0 Å². The van der Waals surface area contributed by atoms with E-state index in [1.165, 1.54) is 0 Å². The van der Waals surface area contributed by atoms with Gasteiger partial charge < -0.3 is 25.7 Å². The molecule has 5 N–H and O–H groups in total. The lowest BCUT2D eigenvalue weighted by molar-refractivity contribution is -0.137. The van der Waals surface area contributed by atoms with Crippen LogP contribution in [0.3, 0.4) is 0 Å². The zero-order valence-electron chi connectivity index (χ0n) is 16.1. The third-order valence-electron chi connectivity index (χ3n) is 1.72. The summed E-state index contributed by atoms with van der Waals surface area (Å²) in [5.74, 6) is -0.867. The number of carbonyl (C=O) groups excluding carboxylic acids is 3. The summed E-state index contributed by atoms with van der Waals surface area (Å²) in [6, 6.07) is -0.653. The first kappa shape index (κ1) is 27.7. The molecule has 0 aliphatic rings. The molecule has 0 spiro atoms. The normalized spacial score (nSPS) is 10.2. The zero-order chi connectivity index (χ0) is 20.7. The molecule has 0 aromatic heterocycles. The SMILES string of the molecule is C=O.CC(C)(C)N.CC(C)(C)OC(=O)NC(=O)NCCCCC(=O)O. The number of unbranched alkanes of at least 4 members (excludes halogenated alkanes) is 1. The Morgan fingerprint density at radius 1 is 1.04 bits per heavy atom. The van der Waals surface area contributed by atoms with Gasteiger partial charge in [0.2, 0.25) is 0 Å². The molecule has 0 aromatic rings. The minimum Gasteiger partial charge on any atom is -0.481 e. The van der Waals surface area contributed by atoms with E-state index in [1.807, 2.05) is 32.9 Å². The highest BCUT2D eigenvalue weighted by Gasteiger charge is 2.17. The maximum Gasteiger partial charge on any atom is 0.415 e. The second kappa shape index (κ2) is 14.2. The first-order chi connectivity index (χ1) is 11.2. The van der Waals surface area contributed by atoms with Crippen LogP contribution in [0.4, 0.5) is 9.59 Å². The van der Waals surface area contributed by atoms with Crippen LogP contribution in [0.15, 0.2) is 0 Å². The van der Waals surface area contributed by atoms with Crippen molar-refractivity contribution in [1.29, 1.82) is 0 Å². The molecular weight excluding hydrogens is 330 g/mol. The summed E-state index contributed by atoms with van der Waals surface area (Å²) >= 11 is 0. The first-order valence-corrected chi connectivity index (χ1v) is 7.78. The summed E-state index contributed by atoms with van der Waals surface area (Å²) in [5, 5.41) is 12.8. The number of nitrogens with two attached hydrogens (primary N) is 1. The van der Waals surface area contributed by atoms with E-state index in [2.05, 4.69) is 5.32 Å². The summed E-state index contributed by atoms with van der Waals surface area (Å²) in [4.78, 5) is 40.6. The van der Waals surface area contributed by atoms with Gasteiger partial charge in [0.25, 0.3) is 0 Å². The lowest BCUT2D eigenvalue weighted by Crippen LogP contribution is -2.42. The van der Waals surface area contributed by atoms with Crippen LogP contribution in [-0.2, 0) is 14.3 Å². The predicted molar refractivity (Wildman–Crippen MR) is 95.3 cm³/mol. The van der Waals surface area contributed by atoms with Gasteiger partial charge in [0, 0.05) is 18.5 Å². The first-order valence-electron chi connectivity index (χ1n) is 7.78. The van der Waals surface area contributed by atoms with Crippen LogP contribution < -0.4 is 16.4 Å². The molecule has 25 heavy (non-hydrogen) atoms. The highest BCUT2D eigenvalue weighted by atomic mass is 16.6. The average molecular weight is 363 g/mol. The maximum absolute atomic E-state index is 11.2. The smallest absolute Gasteiger partial charge is 0.415 e. The van der Waals surface area contributed by atoms with Crippen molar-refractivity contribution >= 4 is 24.9 Å². The third kappa shape index (κ3) is 39.0. The Hall–Kier alpha value is -2.16. The van der Waals surface area contributed by atoms with Gasteiger partial charge >= 0.3 is 18.1 Å². The third-order valence-corrected chi connectivity index (χ3v) is 1.72. The van der Waals surface area contributed by atoms with Crippen molar-refractivity contribution in [3.05, 3.63) is 0 Å². The Labute approximate surface area is 149 Å². The number of aliphatic carboxylic acids is 1. The minimum atomic E-state index is -0.867. The fraction of sp³-hybridized carbons (Fsp3) is 0.750. The Kier molecular flexibility index (Phi) is 15.7. The number of carboxylic acid groups (broad SMARTS) is 1. The van der Waals surface area contributed by atoms with E-state index in [4.69, 9.17) is 20.4 Å². The van der Waals surface area contributed by atoms with Gasteiger partial charge in [-0.1, -0.05) is 0 Å². The highest BCUT2D eigenvalue weighted by molar-refractivity contribution is 5.90. The summed E-state index contributed by atoms with van der Waals surface area (Å²) in [5.41, 5.74) is 4.69. The largest absolute Gasteiger partial charge is 0.481 e. The van der Waals surface area contributed by atoms with Crippen molar-refractivity contribution in [2.24, 2.45) is 5.73 Å². The molecule has 9 heteroatoms. The van der Waals surface area contributed by atoms with Gasteiger partial charge in [-0.15, -0.1) is 0 Å². The van der Waals surface area contributed by atoms with Crippen LogP contribution in [0.25, 0.3) is 0 Å². The number of urea groups is 1. The summed E-state index contributed by atoms with van der Waals surface area (Å²) < 4.78 is 4.88. The van der Waals surface area contributed by atoms with Crippen LogP contribution >= 0.6 is 0 Å². The Balaban J connectivity index is -0.000000588. The fourth-order valence-electron chi connectivity index (χ4n) is 1.04. The molecule has 0 saturated carbocycles. The van der Waals surface area contributed by atoms with Crippen molar-refractivity contribution in [1.82, 2.24) is 10.6 Å². The number of carboxylic acids is 1. The highest BCUT2D eigenvalue weighted by Crippen LogP contribution is 2.06. The van der Waals surface area contributed by atoms with Crippen molar-refractivity contribution in [3.63, 3.8) is 0 Å². The second-order valence-electron chi connectivity index (χ2n) is 7.10. The monoisotopic (exact) mass is 363 g/mol. The molecule has 0 heterocycles. The molecule has 0 bridgehead atoms. The summed E-state index contributed by atoms with van der Waals surface area (Å²) in [6.45, 7) is 13.3. The molecule has 9 nitrogen and oxygen atoms in total. The summed E-state index contributed by atoms with van der Waals surface area (Å²) in [7, 11) is 0. The van der Waals surface area contributed by atoms with Gasteiger partial charge in [0.05, 0.1) is 0 Å². The van der Waals surface area contributed by atoms with Crippen molar-refractivity contribution in [3.8, 4) is 0 Å². The number of alkyl carbamates (subject to hydrolysis) is 1. The molecule has 0 atom stereocenters. The Morgan fingerprint density at radius 2 is 1.48 bits per heavy atom. The molecule has 0 saturated heterocycles. The van der Waals surface area contributed by atoms with Crippen LogP contribution in [0, 0.1) is 0 Å². The molecule has 0 aliphatic heterocycles. The fourth-order valence-corrected chi connectivity index (χ4v) is 1.04. The van der Waals surface area contributed by atoms with Gasteiger partial charge in [-0.3, -0.25) is 4.79 Å². The van der Waals surface area contributed by atoms with Gasteiger partial charge in [0.1, 0.15) is 12.4 Å². The molecule has 3 amide bonds. The lowest BCUT2D eigenvalue weighted by atomic mass is 10.1. The van der Waals surface area contributed by atoms with Crippen molar-refractivity contribution < 1.29 is 29.0 Å². The number of hydrogen-bond donors (Lipinski definition) is 4. The van der Waals surface area contributed by atoms with E-state index >= 15 is 0 Å². The number of ether oxygens (including phenoxy) is 1. The van der Waals surface area contributed by atoms with Gasteiger partial charge in [-0.05, 0) is 54.4 Å². The average Bonchev–Trinajstić information content (AvgIpc) is 2.35. The molecule has 0 fully saturated rings. The van der Waals surface area contributed by atoms with Gasteiger partial charge in [-0.2, -0.15) is 0 Å². The number of nitrogens with one attached hydrogen (secondary N) is 2. The second-order valence-corrected chi connectivity index (χ2v) is 7.10. The number of rotatable bonds is 5. The molecule has 0 rings (SSSR count). The lowest BCUT2D eigenvalue weighted by Gasteiger charge is -2.19. The quantitative estimate of drug-likeness (QED) is 0.546. The van der Waals surface area contributed by atoms with Gasteiger partial charge in [0.15, 0.2) is 0 Å². The van der Waals surface area contributed by atoms with E-state index in [0.717, 1.165) is 0 Å². The van der Waals surface area contributed by atoms with E-state index < -0.39 is 23.7 Å². The zero-order valence-corrected chi connectivity index (χ0v) is 16.1. The van der Waals surface area contributed by atoms with Crippen LogP contribution in [-0.4, -0.2) is 47.7 Å². The number of carbonyl (C=O) groups is 4. The molecule has 0 radical (unpaired) electrons. The Bertz CT molecular complexity index is 394. The van der Waals surface area contributed by atoms with Crippen LogP contribution in [0.5, 0.6) is 0 Å². The number of imide groups is 1. The van der Waals surface area contributed by atoms with Crippen molar-refractivity contribution in [2.75, 3.05) is 6.54 Å². The molecular formula is C16H33N3O6. The summed E-state index contributed by atoms with van der Waals surface area (Å²) in [6.07, 6.45) is 0.261. The molecule has 148 valence electrons. The molecule has 0 aromatic carbocycles. The van der Waals surface area contributed by atoms with Crippen molar-refractivity contribution in [2.45, 2.75) is 71.9 Å². The number of hydrogen-bond acceptors (Lipinski definition) is 6.